The number of rotatable bonds is 9. The quantitative estimate of drug-likeness (QED) is 0.283. The summed E-state index contributed by atoms with van der Waals surface area (Å²) >= 11 is 0. The van der Waals surface area contributed by atoms with Gasteiger partial charge in [0.1, 0.15) is 12.4 Å². The zero-order valence-electron chi connectivity index (χ0n) is 22.3. The van der Waals surface area contributed by atoms with Gasteiger partial charge in [0.15, 0.2) is 11.5 Å². The van der Waals surface area contributed by atoms with Crippen molar-refractivity contribution in [3.63, 3.8) is 0 Å². The van der Waals surface area contributed by atoms with Crippen molar-refractivity contribution in [1.82, 2.24) is 10.3 Å². The van der Waals surface area contributed by atoms with E-state index in [-0.39, 0.29) is 12.5 Å². The maximum absolute atomic E-state index is 13.7. The summed E-state index contributed by atoms with van der Waals surface area (Å²) in [5, 5.41) is 14.3. The molecule has 4 aromatic rings. The molecule has 1 aliphatic heterocycles. The highest BCUT2D eigenvalue weighted by Crippen LogP contribution is 2.44. The van der Waals surface area contributed by atoms with Crippen molar-refractivity contribution in [1.29, 1.82) is 0 Å². The van der Waals surface area contributed by atoms with E-state index in [1.807, 2.05) is 54.7 Å². The van der Waals surface area contributed by atoms with E-state index >= 15 is 0 Å². The maximum atomic E-state index is 13.7. The van der Waals surface area contributed by atoms with Gasteiger partial charge in [0, 0.05) is 33.8 Å². The van der Waals surface area contributed by atoms with Crippen LogP contribution in [0.5, 0.6) is 17.2 Å². The molecule has 1 unspecified atom stereocenters. The summed E-state index contributed by atoms with van der Waals surface area (Å²) in [7, 11) is 3.22. The Morgan fingerprint density at radius 3 is 2.53 bits per heavy atom. The van der Waals surface area contributed by atoms with Crippen LogP contribution in [-0.2, 0) is 19.4 Å². The first-order valence-electron chi connectivity index (χ1n) is 12.9. The van der Waals surface area contributed by atoms with Gasteiger partial charge in [-0.2, -0.15) is 0 Å². The van der Waals surface area contributed by atoms with Crippen molar-refractivity contribution in [2.24, 2.45) is 5.92 Å². The Labute approximate surface area is 222 Å². The third kappa shape index (κ3) is 4.94. The standard InChI is InChI=1S/C31H34N2O5/c1-18(2)9-19-11-28-26(24-14-30(37-4)29(36-3)12-21(24)17-38-28)13-25(19)31(35)33-22(16-34)10-20-15-32-27-8-6-5-7-23(20)27/h5-8,11-15,18,22,32,34H,9-10,16-17H2,1-4H3,(H,33,35). The van der Waals surface area contributed by atoms with Gasteiger partial charge in [-0.1, -0.05) is 32.0 Å². The molecular weight excluding hydrogens is 480 g/mol. The lowest BCUT2D eigenvalue weighted by Crippen LogP contribution is -2.39. The summed E-state index contributed by atoms with van der Waals surface area (Å²) < 4.78 is 17.1. The van der Waals surface area contributed by atoms with Crippen LogP contribution in [0.3, 0.4) is 0 Å². The predicted molar refractivity (Wildman–Crippen MR) is 148 cm³/mol. The fourth-order valence-electron chi connectivity index (χ4n) is 5.21. The number of hydrogen-bond donors (Lipinski definition) is 3. The summed E-state index contributed by atoms with van der Waals surface area (Å²) in [6.45, 7) is 4.50. The molecule has 5 rings (SSSR count). The average Bonchev–Trinajstić information content (AvgIpc) is 3.33. The van der Waals surface area contributed by atoms with E-state index in [0.717, 1.165) is 50.9 Å². The van der Waals surface area contributed by atoms with Crippen molar-refractivity contribution in [2.75, 3.05) is 20.8 Å². The number of carbonyl (C=O) groups excluding carboxylic acids is 1. The summed E-state index contributed by atoms with van der Waals surface area (Å²) in [6, 6.07) is 15.3. The van der Waals surface area contributed by atoms with Crippen molar-refractivity contribution in [2.45, 2.75) is 39.3 Å². The van der Waals surface area contributed by atoms with Gasteiger partial charge >= 0.3 is 0 Å². The van der Waals surface area contributed by atoms with Gasteiger partial charge in [0.25, 0.3) is 5.91 Å². The molecule has 0 spiro atoms. The number of carbonyl (C=O) groups is 1. The molecule has 2 heterocycles. The molecule has 1 amide bonds. The molecule has 0 saturated carbocycles. The topological polar surface area (TPSA) is 92.8 Å². The largest absolute Gasteiger partial charge is 0.493 e. The third-order valence-corrected chi connectivity index (χ3v) is 7.06. The highest BCUT2D eigenvalue weighted by atomic mass is 16.5. The number of aliphatic hydroxyl groups is 1. The number of amides is 1. The first kappa shape index (κ1) is 25.7. The molecule has 198 valence electrons. The van der Waals surface area contributed by atoms with Gasteiger partial charge in [-0.3, -0.25) is 4.79 Å². The van der Waals surface area contributed by atoms with E-state index in [1.165, 1.54) is 0 Å². The fourth-order valence-corrected chi connectivity index (χ4v) is 5.21. The predicted octanol–water partition coefficient (Wildman–Crippen LogP) is 5.28. The Morgan fingerprint density at radius 1 is 1.03 bits per heavy atom. The lowest BCUT2D eigenvalue weighted by atomic mass is 9.89. The van der Waals surface area contributed by atoms with Crippen LogP contribution in [0.15, 0.2) is 54.7 Å². The van der Waals surface area contributed by atoms with Gasteiger partial charge < -0.3 is 29.6 Å². The van der Waals surface area contributed by atoms with Gasteiger partial charge in [-0.15, -0.1) is 0 Å². The van der Waals surface area contributed by atoms with Crippen molar-refractivity contribution in [3.8, 4) is 28.4 Å². The van der Waals surface area contributed by atoms with E-state index in [4.69, 9.17) is 14.2 Å². The number of benzene rings is 3. The molecule has 1 aromatic heterocycles. The maximum Gasteiger partial charge on any atom is 0.251 e. The summed E-state index contributed by atoms with van der Waals surface area (Å²) in [4.78, 5) is 17.0. The number of ether oxygens (including phenoxy) is 3. The lowest BCUT2D eigenvalue weighted by molar-refractivity contribution is 0.0915. The van der Waals surface area contributed by atoms with Gasteiger partial charge in [0.2, 0.25) is 0 Å². The van der Waals surface area contributed by atoms with Crippen LogP contribution in [0, 0.1) is 5.92 Å². The first-order valence-corrected chi connectivity index (χ1v) is 12.9. The highest BCUT2D eigenvalue weighted by molar-refractivity contribution is 5.98. The SMILES string of the molecule is COc1cc2c(cc1OC)-c1cc(C(=O)NC(CO)Cc3c[nH]c4ccccc34)c(CC(C)C)cc1OC2. The number of aromatic amines is 1. The number of aliphatic hydroxyl groups excluding tert-OH is 1. The number of nitrogens with one attached hydrogen (secondary N) is 2. The zero-order valence-corrected chi connectivity index (χ0v) is 22.3. The van der Waals surface area contributed by atoms with Crippen molar-refractivity contribution in [3.05, 3.63) is 77.0 Å². The number of H-pyrrole nitrogens is 1. The Bertz CT molecular complexity index is 1470. The molecule has 1 aliphatic rings. The molecule has 7 heteroatoms. The molecule has 0 fully saturated rings. The number of aromatic nitrogens is 1. The first-order chi connectivity index (χ1) is 18.4. The second-order valence-electron chi connectivity index (χ2n) is 10.2. The van der Waals surface area contributed by atoms with Crippen LogP contribution in [0.2, 0.25) is 0 Å². The second kappa shape index (κ2) is 10.8. The Balaban J connectivity index is 1.49. The summed E-state index contributed by atoms with van der Waals surface area (Å²) in [5.41, 5.74) is 6.34. The molecule has 0 bridgehead atoms. The molecule has 3 aromatic carbocycles. The van der Waals surface area contributed by atoms with Crippen LogP contribution < -0.4 is 19.5 Å². The molecule has 0 aliphatic carbocycles. The van der Waals surface area contributed by atoms with Crippen LogP contribution >= 0.6 is 0 Å². The van der Waals surface area contributed by atoms with E-state index in [1.54, 1.807) is 14.2 Å². The second-order valence-corrected chi connectivity index (χ2v) is 10.2. The smallest absolute Gasteiger partial charge is 0.251 e. The normalized spacial score (nSPS) is 13.0. The van der Waals surface area contributed by atoms with Crippen molar-refractivity contribution < 1.29 is 24.1 Å². The lowest BCUT2D eigenvalue weighted by Gasteiger charge is -2.25. The van der Waals surface area contributed by atoms with E-state index in [2.05, 4.69) is 24.1 Å². The minimum absolute atomic E-state index is 0.168. The minimum atomic E-state index is -0.433. The zero-order chi connectivity index (χ0) is 26.8. The summed E-state index contributed by atoms with van der Waals surface area (Å²) in [5.74, 6) is 2.13. The molecular formula is C31H34N2O5. The fraction of sp³-hybridized carbons (Fsp3) is 0.323. The Hall–Kier alpha value is -3.97. The molecule has 0 saturated heterocycles. The van der Waals surface area contributed by atoms with Crippen molar-refractivity contribution >= 4 is 16.8 Å². The molecule has 38 heavy (non-hydrogen) atoms. The average molecular weight is 515 g/mol. The highest BCUT2D eigenvalue weighted by Gasteiger charge is 2.26. The molecule has 0 radical (unpaired) electrons. The minimum Gasteiger partial charge on any atom is -0.493 e. The molecule has 1 atom stereocenters. The molecule has 7 nitrogen and oxygen atoms in total. The third-order valence-electron chi connectivity index (χ3n) is 7.06. The van der Waals surface area contributed by atoms with Gasteiger partial charge in [0.05, 0.1) is 26.9 Å². The van der Waals surface area contributed by atoms with Crippen LogP contribution in [0.1, 0.15) is 40.9 Å². The van der Waals surface area contributed by atoms with E-state index in [9.17, 15) is 9.90 Å². The number of para-hydroxylation sites is 1. The number of methoxy groups -OCH3 is 2. The Morgan fingerprint density at radius 2 is 1.79 bits per heavy atom. The number of hydrogen-bond acceptors (Lipinski definition) is 5. The number of fused-ring (bicyclic) bond motifs is 4. The summed E-state index contributed by atoms with van der Waals surface area (Å²) in [6.07, 6.45) is 3.18. The van der Waals surface area contributed by atoms with Crippen LogP contribution in [0.25, 0.3) is 22.0 Å². The van der Waals surface area contributed by atoms with Gasteiger partial charge in [-0.05, 0) is 65.8 Å². The van der Waals surface area contributed by atoms with Gasteiger partial charge in [-0.25, -0.2) is 0 Å². The molecule has 3 N–H and O–H groups in total. The van der Waals surface area contributed by atoms with E-state index in [0.29, 0.717) is 36.0 Å². The van der Waals surface area contributed by atoms with Crippen LogP contribution in [0.4, 0.5) is 0 Å². The van der Waals surface area contributed by atoms with E-state index < -0.39 is 6.04 Å². The monoisotopic (exact) mass is 514 g/mol. The van der Waals surface area contributed by atoms with Crippen LogP contribution in [-0.4, -0.2) is 42.9 Å². The Kier molecular flexibility index (Phi) is 7.29.